The van der Waals surface area contributed by atoms with E-state index in [1.165, 1.54) is 0 Å². The molecule has 2 heteroatoms. The number of β-amino-alcohol motifs (C(OH)–C–C–N with tert-alkyl or cyclic N) is 1. The molecule has 0 spiro atoms. The molecule has 0 aromatic rings. The molecular weight excluding hydrogens is 138 g/mol. The molecular formula is C9H15NO. The van der Waals surface area contributed by atoms with E-state index < -0.39 is 5.60 Å². The lowest BCUT2D eigenvalue weighted by atomic mass is 10.1. The summed E-state index contributed by atoms with van der Waals surface area (Å²) in [6.45, 7) is 4.55. The van der Waals surface area contributed by atoms with E-state index in [0.717, 1.165) is 32.5 Å². The minimum absolute atomic E-state index is 0.478. The second kappa shape index (κ2) is 3.25. The standard InChI is InChI=1S/C9H15NO/c1-3-4-6-10-7-5-9(2,11)8-10/h1,11H,4-8H2,2H3. The zero-order valence-corrected chi connectivity index (χ0v) is 7.01. The summed E-state index contributed by atoms with van der Waals surface area (Å²) in [6.07, 6.45) is 6.80. The van der Waals surface area contributed by atoms with Gasteiger partial charge in [0.25, 0.3) is 0 Å². The van der Waals surface area contributed by atoms with Crippen molar-refractivity contribution in [1.29, 1.82) is 0 Å². The van der Waals surface area contributed by atoms with Gasteiger partial charge in [-0.25, -0.2) is 0 Å². The van der Waals surface area contributed by atoms with Crippen molar-refractivity contribution in [3.8, 4) is 12.3 Å². The van der Waals surface area contributed by atoms with Crippen molar-refractivity contribution < 1.29 is 5.11 Å². The summed E-state index contributed by atoms with van der Waals surface area (Å²) in [5, 5.41) is 9.57. The van der Waals surface area contributed by atoms with Crippen molar-refractivity contribution in [2.24, 2.45) is 0 Å². The molecule has 1 unspecified atom stereocenters. The molecule has 1 heterocycles. The van der Waals surface area contributed by atoms with Crippen LogP contribution < -0.4 is 0 Å². The van der Waals surface area contributed by atoms with Crippen LogP contribution in [0.4, 0.5) is 0 Å². The Morgan fingerprint density at radius 1 is 1.73 bits per heavy atom. The molecule has 62 valence electrons. The smallest absolute Gasteiger partial charge is 0.0758 e. The van der Waals surface area contributed by atoms with Gasteiger partial charge in [0.05, 0.1) is 5.60 Å². The van der Waals surface area contributed by atoms with Crippen LogP contribution in [0.25, 0.3) is 0 Å². The molecule has 0 radical (unpaired) electrons. The van der Waals surface area contributed by atoms with Crippen molar-refractivity contribution >= 4 is 0 Å². The Hall–Kier alpha value is -0.520. The number of hydrogen-bond donors (Lipinski definition) is 1. The maximum Gasteiger partial charge on any atom is 0.0758 e. The largest absolute Gasteiger partial charge is 0.389 e. The van der Waals surface area contributed by atoms with Crippen molar-refractivity contribution in [1.82, 2.24) is 4.90 Å². The molecule has 0 aromatic carbocycles. The van der Waals surface area contributed by atoms with E-state index >= 15 is 0 Å². The van der Waals surface area contributed by atoms with Gasteiger partial charge in [-0.15, -0.1) is 12.3 Å². The van der Waals surface area contributed by atoms with Crippen LogP contribution in [0, 0.1) is 12.3 Å². The number of terminal acetylenes is 1. The average molecular weight is 153 g/mol. The monoisotopic (exact) mass is 153 g/mol. The summed E-state index contributed by atoms with van der Waals surface area (Å²) in [4.78, 5) is 2.21. The summed E-state index contributed by atoms with van der Waals surface area (Å²) < 4.78 is 0. The fraction of sp³-hybridized carbons (Fsp3) is 0.778. The topological polar surface area (TPSA) is 23.5 Å². The van der Waals surface area contributed by atoms with E-state index in [1.54, 1.807) is 0 Å². The van der Waals surface area contributed by atoms with E-state index in [4.69, 9.17) is 6.42 Å². The highest BCUT2D eigenvalue weighted by Gasteiger charge is 2.30. The number of rotatable bonds is 2. The van der Waals surface area contributed by atoms with Gasteiger partial charge in [0.1, 0.15) is 0 Å². The Morgan fingerprint density at radius 2 is 2.45 bits per heavy atom. The van der Waals surface area contributed by atoms with Gasteiger partial charge in [0.2, 0.25) is 0 Å². The summed E-state index contributed by atoms with van der Waals surface area (Å²) in [7, 11) is 0. The molecule has 1 aliphatic rings. The van der Waals surface area contributed by atoms with Crippen LogP contribution in [0.3, 0.4) is 0 Å². The van der Waals surface area contributed by atoms with Gasteiger partial charge in [0.15, 0.2) is 0 Å². The van der Waals surface area contributed by atoms with Gasteiger partial charge in [-0.2, -0.15) is 0 Å². The van der Waals surface area contributed by atoms with E-state index in [0.29, 0.717) is 0 Å². The number of hydrogen-bond acceptors (Lipinski definition) is 2. The third-order valence-corrected chi connectivity index (χ3v) is 2.10. The second-order valence-corrected chi connectivity index (χ2v) is 3.48. The third-order valence-electron chi connectivity index (χ3n) is 2.10. The molecule has 1 atom stereocenters. The Kier molecular flexibility index (Phi) is 2.53. The first-order valence-electron chi connectivity index (χ1n) is 4.02. The molecule has 1 fully saturated rings. The molecule has 1 rings (SSSR count). The van der Waals surface area contributed by atoms with Crippen LogP contribution in [0.15, 0.2) is 0 Å². The van der Waals surface area contributed by atoms with Crippen molar-refractivity contribution in [2.75, 3.05) is 19.6 Å². The number of nitrogens with zero attached hydrogens (tertiary/aromatic N) is 1. The molecule has 1 aliphatic heterocycles. The SMILES string of the molecule is C#CCCN1CCC(C)(O)C1. The predicted molar refractivity (Wildman–Crippen MR) is 45.1 cm³/mol. The highest BCUT2D eigenvalue weighted by atomic mass is 16.3. The lowest BCUT2D eigenvalue weighted by Gasteiger charge is -2.17. The molecule has 0 bridgehead atoms. The second-order valence-electron chi connectivity index (χ2n) is 3.48. The van der Waals surface area contributed by atoms with Crippen LogP contribution >= 0.6 is 0 Å². The summed E-state index contributed by atoms with van der Waals surface area (Å²) in [5.74, 6) is 2.60. The Balaban J connectivity index is 2.26. The average Bonchev–Trinajstić information content (AvgIpc) is 2.26. The lowest BCUT2D eigenvalue weighted by Crippen LogP contribution is -2.30. The first-order chi connectivity index (χ1) is 5.14. The lowest BCUT2D eigenvalue weighted by molar-refractivity contribution is 0.0691. The molecule has 2 nitrogen and oxygen atoms in total. The highest BCUT2D eigenvalue weighted by Crippen LogP contribution is 2.19. The van der Waals surface area contributed by atoms with Crippen LogP contribution in [-0.4, -0.2) is 35.2 Å². The van der Waals surface area contributed by atoms with Crippen LogP contribution in [0.1, 0.15) is 19.8 Å². The normalized spacial score (nSPS) is 32.1. The first-order valence-corrected chi connectivity index (χ1v) is 4.02. The Morgan fingerprint density at radius 3 is 2.91 bits per heavy atom. The quantitative estimate of drug-likeness (QED) is 0.583. The van der Waals surface area contributed by atoms with Crippen LogP contribution in [0.5, 0.6) is 0 Å². The zero-order chi connectivity index (χ0) is 8.32. The summed E-state index contributed by atoms with van der Waals surface area (Å²) in [6, 6.07) is 0. The first kappa shape index (κ1) is 8.58. The fourth-order valence-corrected chi connectivity index (χ4v) is 1.45. The molecule has 0 aromatic heterocycles. The highest BCUT2D eigenvalue weighted by molar-refractivity contribution is 4.90. The Labute approximate surface area is 68.2 Å². The number of aliphatic hydroxyl groups is 1. The summed E-state index contributed by atoms with van der Waals surface area (Å²) >= 11 is 0. The van der Waals surface area contributed by atoms with Crippen LogP contribution in [-0.2, 0) is 0 Å². The molecule has 0 saturated carbocycles. The van der Waals surface area contributed by atoms with E-state index in [-0.39, 0.29) is 0 Å². The molecule has 1 N–H and O–H groups in total. The minimum Gasteiger partial charge on any atom is -0.389 e. The van der Waals surface area contributed by atoms with Gasteiger partial charge in [-0.1, -0.05) is 0 Å². The maximum absolute atomic E-state index is 9.57. The van der Waals surface area contributed by atoms with Crippen LogP contribution in [0.2, 0.25) is 0 Å². The van der Waals surface area contributed by atoms with Crippen molar-refractivity contribution in [2.45, 2.75) is 25.4 Å². The van der Waals surface area contributed by atoms with Gasteiger partial charge in [-0.05, 0) is 13.3 Å². The van der Waals surface area contributed by atoms with E-state index in [1.807, 2.05) is 6.92 Å². The van der Waals surface area contributed by atoms with E-state index in [2.05, 4.69) is 10.8 Å². The van der Waals surface area contributed by atoms with E-state index in [9.17, 15) is 5.11 Å². The van der Waals surface area contributed by atoms with Gasteiger partial charge < -0.3 is 5.11 Å². The maximum atomic E-state index is 9.57. The third kappa shape index (κ3) is 2.53. The molecule has 0 aliphatic carbocycles. The van der Waals surface area contributed by atoms with Crippen molar-refractivity contribution in [3.05, 3.63) is 0 Å². The predicted octanol–water partition coefficient (Wildman–Crippen LogP) is 0.466. The fourth-order valence-electron chi connectivity index (χ4n) is 1.45. The van der Waals surface area contributed by atoms with Gasteiger partial charge >= 0.3 is 0 Å². The molecule has 11 heavy (non-hydrogen) atoms. The van der Waals surface area contributed by atoms with Gasteiger partial charge in [-0.3, -0.25) is 4.90 Å². The molecule has 1 saturated heterocycles. The summed E-state index contributed by atoms with van der Waals surface area (Å²) in [5.41, 5.74) is -0.478. The van der Waals surface area contributed by atoms with Gasteiger partial charge in [0, 0.05) is 26.1 Å². The zero-order valence-electron chi connectivity index (χ0n) is 7.01. The Bertz CT molecular complexity index is 169. The molecule has 0 amide bonds. The number of likely N-dealkylation sites (tertiary alicyclic amines) is 1. The minimum atomic E-state index is -0.478. The van der Waals surface area contributed by atoms with Crippen molar-refractivity contribution in [3.63, 3.8) is 0 Å².